The molecule has 0 saturated carbocycles. The summed E-state index contributed by atoms with van der Waals surface area (Å²) in [6.45, 7) is 22.0. The van der Waals surface area contributed by atoms with Crippen LogP contribution in [0.3, 0.4) is 0 Å². The van der Waals surface area contributed by atoms with Gasteiger partial charge in [-0.2, -0.15) is 15.0 Å². The van der Waals surface area contributed by atoms with E-state index in [-0.39, 0.29) is 99.0 Å². The van der Waals surface area contributed by atoms with Crippen LogP contribution in [-0.4, -0.2) is 142 Å². The summed E-state index contributed by atoms with van der Waals surface area (Å²) in [6.07, 6.45) is 12.7. The first-order chi connectivity index (χ1) is 53.0. The number of amides is 4. The molecule has 14 N–H and O–H groups in total. The minimum atomic E-state index is -0.0342. The Bertz CT molecular complexity index is 4260. The summed E-state index contributed by atoms with van der Waals surface area (Å²) in [5.74, 6) is 6.01. The number of hydrogen-bond acceptors (Lipinski definition) is 27. The van der Waals surface area contributed by atoms with Crippen LogP contribution < -0.4 is 78.7 Å². The van der Waals surface area contributed by atoms with Gasteiger partial charge in [0, 0.05) is 114 Å². The van der Waals surface area contributed by atoms with Crippen LogP contribution in [0.4, 0.5) is 29.4 Å². The highest BCUT2D eigenvalue weighted by molar-refractivity contribution is 7.18. The monoisotopic (exact) mass is 1730 g/mol. The SMILES string of the molecule is C.C.C.CC.CCCC[C@@H](N)CNC(C)=O.CCCC[C@H](CNC(C)=O)Nc1nc(Cl)nc2ccsc12.CCCC[C@H](CNC(C)=O)Nc1nc(N)nc2ccsc12.CCCC[C@H](CNC(C)=O)Nc1nc(NCc2ccc(OC)cc2OC)nc2ccsc12.COc1ccc(CN)c(OC)c1.Cl.Clc1nc(Cl)c2sccc2n1. The Morgan fingerprint density at radius 3 is 1.23 bits per heavy atom. The van der Waals surface area contributed by atoms with E-state index >= 15 is 0 Å². The first kappa shape index (κ1) is 106. The normalized spacial score (nSPS) is 11.1. The number of thiophene rings is 4. The van der Waals surface area contributed by atoms with Crippen LogP contribution in [0.15, 0.2) is 82.2 Å². The molecular weight excluding hydrogens is 1610 g/mol. The lowest BCUT2D eigenvalue weighted by molar-refractivity contribution is -0.119. The van der Waals surface area contributed by atoms with Gasteiger partial charge in [0.2, 0.25) is 46.1 Å². The van der Waals surface area contributed by atoms with Crippen LogP contribution in [0.25, 0.3) is 40.9 Å². The van der Waals surface area contributed by atoms with Crippen LogP contribution in [0.2, 0.25) is 15.7 Å². The molecule has 0 spiro atoms. The number of unbranched alkanes of at least 4 members (excludes halogenated alkanes) is 4. The maximum Gasteiger partial charge on any atom is 0.225 e. The highest BCUT2D eigenvalue weighted by Crippen LogP contribution is 2.33. The quantitative estimate of drug-likeness (QED) is 0.0132. The van der Waals surface area contributed by atoms with E-state index in [0.717, 1.165) is 169 Å². The van der Waals surface area contributed by atoms with E-state index in [4.69, 9.17) is 75.9 Å². The number of benzene rings is 2. The van der Waals surface area contributed by atoms with Crippen molar-refractivity contribution >= 4 is 186 Å². The number of nitrogens with one attached hydrogen (secondary N) is 8. The zero-order chi connectivity index (χ0) is 80.9. The van der Waals surface area contributed by atoms with Gasteiger partial charge in [-0.1, -0.05) is 133 Å². The Morgan fingerprint density at radius 1 is 0.456 bits per heavy atom. The van der Waals surface area contributed by atoms with Crippen molar-refractivity contribution < 1.29 is 38.1 Å². The number of aromatic nitrogens is 8. The number of anilines is 5. The van der Waals surface area contributed by atoms with E-state index in [1.165, 1.54) is 39.0 Å². The van der Waals surface area contributed by atoms with Gasteiger partial charge in [0.1, 0.15) is 40.5 Å². The standard InChI is InChI=1S/C23H31N5O3S.C14H19ClN4OS.C14H21N5OS.C9H13NO2.C8H18N2O.C6H2Cl2N2S.C2H6.3CH4.ClH/c1-5-6-7-17(14-24-15(2)29)26-22-21-19(10-11-32-21)27-23(28-22)25-13-16-8-9-18(30-3)12-20(16)31-4;2*1-3-4-5-10(8-16-9(2)20)17-13-12-11(6-7-21-12)18-14(15)19-13;1-11-8-4-3-7(6-10)9(5-8)12-2;1-3-4-5-8(9)6-10-7(2)11;7-5-4-3(1-2-11-4)9-6(8)10-5;1-2;;;;/h8-12,17H,5-7,13-14H2,1-4H3,(H,24,29)(H2,25,26,27,28);6-7,10H,3-5,8H2,1-2H3,(H,16,20)(H,17,18,19);6-7,10H,3-5,8H2,1-2H3,(H,16,20)(H3,15,17,18,19);3-5H,6,10H2,1-2H3;8H,3-6,9H2,1-2H3,(H,10,11);1-2H;1-2H3;3*1H4;1H/t17-;2*10-;;8-;;;;;;/m111.1....../s1. The molecule has 10 aromatic rings. The third-order valence-electron chi connectivity index (χ3n) is 15.9. The topological polar surface area (TPSA) is 383 Å². The number of ether oxygens (including phenoxy) is 4. The number of fused-ring (bicyclic) bond motifs is 4. The summed E-state index contributed by atoms with van der Waals surface area (Å²) >= 11 is 23.6. The summed E-state index contributed by atoms with van der Waals surface area (Å²) in [5, 5.41) is 33.7. The van der Waals surface area contributed by atoms with E-state index < -0.39 is 0 Å². The Labute approximate surface area is 711 Å². The van der Waals surface area contributed by atoms with Gasteiger partial charge in [0.15, 0.2) is 5.15 Å². The van der Waals surface area contributed by atoms with E-state index in [2.05, 4.69) is 105 Å². The molecule has 2 aromatic carbocycles. The van der Waals surface area contributed by atoms with Gasteiger partial charge in [-0.15, -0.1) is 57.8 Å². The second-order valence-corrected chi connectivity index (χ2v) is 29.2. The summed E-state index contributed by atoms with van der Waals surface area (Å²) in [5.41, 5.74) is 22.3. The predicted molar refractivity (Wildman–Crippen MR) is 485 cm³/mol. The number of methoxy groups -OCH3 is 4. The first-order valence-corrected chi connectivity index (χ1v) is 41.3. The van der Waals surface area contributed by atoms with Crippen molar-refractivity contribution in [3.8, 4) is 23.0 Å². The zero-order valence-corrected chi connectivity index (χ0v) is 72.2. The van der Waals surface area contributed by atoms with Crippen molar-refractivity contribution in [3.05, 3.63) is 109 Å². The molecule has 0 aliphatic heterocycles. The van der Waals surface area contributed by atoms with Gasteiger partial charge in [-0.3, -0.25) is 19.2 Å². The average molecular weight is 1740 g/mol. The number of rotatable bonds is 34. The fourth-order valence-electron chi connectivity index (χ4n) is 10.2. The van der Waals surface area contributed by atoms with Crippen LogP contribution in [0.5, 0.6) is 23.0 Å². The van der Waals surface area contributed by atoms with E-state index in [1.807, 2.05) is 96.0 Å². The van der Waals surface area contributed by atoms with Crippen molar-refractivity contribution in [1.29, 1.82) is 0 Å². The fraction of sp³-hybridized carbons (Fsp3) is 0.494. The van der Waals surface area contributed by atoms with Crippen LogP contribution in [0, 0.1) is 0 Å². The maximum absolute atomic E-state index is 11.4. The predicted octanol–water partition coefficient (Wildman–Crippen LogP) is 18.4. The van der Waals surface area contributed by atoms with Crippen molar-refractivity contribution in [2.45, 2.75) is 206 Å². The fourth-order valence-corrected chi connectivity index (χ4v) is 14.0. The third kappa shape index (κ3) is 38.5. The van der Waals surface area contributed by atoms with E-state index in [0.29, 0.717) is 50.4 Å². The van der Waals surface area contributed by atoms with Crippen molar-refractivity contribution in [3.63, 3.8) is 0 Å². The lowest BCUT2D eigenvalue weighted by atomic mass is 10.1. The molecule has 4 atom stereocenters. The highest BCUT2D eigenvalue weighted by Gasteiger charge is 2.19. The number of nitrogens with zero attached hydrogens (tertiary/aromatic N) is 8. The molecule has 0 unspecified atom stereocenters. The number of nitrogens with two attached hydrogens (primary N) is 3. The highest BCUT2D eigenvalue weighted by atomic mass is 35.5. The number of hydrogen-bond donors (Lipinski definition) is 11. The van der Waals surface area contributed by atoms with Gasteiger partial charge in [-0.25, -0.2) is 24.9 Å². The minimum absolute atomic E-state index is 0. The van der Waals surface area contributed by atoms with Gasteiger partial charge >= 0.3 is 0 Å². The van der Waals surface area contributed by atoms with Crippen molar-refractivity contribution in [2.75, 3.05) is 81.6 Å². The molecule has 0 bridgehead atoms. The van der Waals surface area contributed by atoms with Crippen LogP contribution in [-0.2, 0) is 32.3 Å². The third-order valence-corrected chi connectivity index (χ3v) is 20.2. The largest absolute Gasteiger partial charge is 0.497 e. The second kappa shape index (κ2) is 59.4. The molecule has 0 saturated heterocycles. The first-order valence-electron chi connectivity index (χ1n) is 36.6. The summed E-state index contributed by atoms with van der Waals surface area (Å²) in [4.78, 5) is 78.3. The molecule has 0 fully saturated rings. The Kier molecular flexibility index (Phi) is 55.1. The molecule has 10 rings (SSSR count). The number of carbonyl (C=O) groups is 4. The summed E-state index contributed by atoms with van der Waals surface area (Å²) in [6, 6.07) is 19.5. The van der Waals surface area contributed by atoms with Gasteiger partial charge in [0.25, 0.3) is 0 Å². The molecule has 27 nitrogen and oxygen atoms in total. The smallest absolute Gasteiger partial charge is 0.225 e. The molecule has 0 aliphatic carbocycles. The van der Waals surface area contributed by atoms with E-state index in [1.54, 1.807) is 62.4 Å². The number of halogens is 4. The van der Waals surface area contributed by atoms with Crippen molar-refractivity contribution in [1.82, 2.24) is 61.1 Å². The Balaban J connectivity index is 0.00000139. The molecule has 634 valence electrons. The lowest BCUT2D eigenvalue weighted by Gasteiger charge is -2.20. The molecule has 0 radical (unpaired) electrons. The Hall–Kier alpha value is -8.24. The summed E-state index contributed by atoms with van der Waals surface area (Å²) < 4.78 is 24.8. The molecule has 4 amide bonds. The van der Waals surface area contributed by atoms with Crippen LogP contribution >= 0.6 is 92.6 Å². The minimum Gasteiger partial charge on any atom is -0.497 e. The lowest BCUT2D eigenvalue weighted by Crippen LogP contribution is -2.35. The molecule has 114 heavy (non-hydrogen) atoms. The van der Waals surface area contributed by atoms with Gasteiger partial charge in [0.05, 0.1) is 69.3 Å². The number of carbonyl (C=O) groups excluding carboxylic acids is 4. The molecular formula is C79H123Cl4N19O8S4. The summed E-state index contributed by atoms with van der Waals surface area (Å²) in [7, 11) is 6.51. The second-order valence-electron chi connectivity index (χ2n) is 24.5. The van der Waals surface area contributed by atoms with Gasteiger partial charge in [-0.05, 0) is 113 Å². The average Bonchev–Trinajstić information content (AvgIpc) is 1.72. The Morgan fingerprint density at radius 2 is 0.816 bits per heavy atom. The maximum atomic E-state index is 11.4. The molecule has 8 heterocycles. The van der Waals surface area contributed by atoms with Crippen LogP contribution in [0.1, 0.15) is 180 Å². The number of nitrogen functional groups attached to an aromatic ring is 1. The zero-order valence-electron chi connectivity index (χ0n) is 65.9. The van der Waals surface area contributed by atoms with E-state index in [9.17, 15) is 19.2 Å². The molecule has 0 aliphatic rings. The van der Waals surface area contributed by atoms with Crippen molar-refractivity contribution in [2.24, 2.45) is 11.5 Å². The molecule has 35 heteroatoms. The van der Waals surface area contributed by atoms with Gasteiger partial charge < -0.3 is 78.7 Å². The molecule has 8 aromatic heterocycles.